The van der Waals surface area contributed by atoms with E-state index in [4.69, 9.17) is 9.98 Å². The number of hydrogen-bond donors (Lipinski definition) is 4. The molecule has 1 aliphatic rings. The highest BCUT2D eigenvalue weighted by molar-refractivity contribution is 5.62. The molecule has 0 aliphatic heterocycles. The fourth-order valence-corrected chi connectivity index (χ4v) is 3.06. The quantitative estimate of drug-likeness (QED) is 0.405. The lowest BCUT2D eigenvalue weighted by Gasteiger charge is -2.06. The first kappa shape index (κ1) is 17.2. The number of nitrogens with zero attached hydrogens (tertiary/aromatic N) is 5. The van der Waals surface area contributed by atoms with Gasteiger partial charge in [-0.1, -0.05) is 6.07 Å². The van der Waals surface area contributed by atoms with E-state index in [0.717, 1.165) is 23.9 Å². The van der Waals surface area contributed by atoms with Crippen LogP contribution in [-0.2, 0) is 6.54 Å². The number of rotatable bonds is 5. The number of aromatic amines is 1. The van der Waals surface area contributed by atoms with E-state index >= 15 is 0 Å². The van der Waals surface area contributed by atoms with Crippen LogP contribution in [-0.4, -0.2) is 40.8 Å². The fourth-order valence-electron chi connectivity index (χ4n) is 3.06. The Morgan fingerprint density at radius 3 is 2.90 bits per heavy atom. The van der Waals surface area contributed by atoms with Gasteiger partial charge in [-0.3, -0.25) is 15.0 Å². The molecule has 9 nitrogen and oxygen atoms in total. The van der Waals surface area contributed by atoms with Crippen molar-refractivity contribution < 1.29 is 10.2 Å². The van der Waals surface area contributed by atoms with Gasteiger partial charge in [-0.15, -0.1) is 0 Å². The summed E-state index contributed by atoms with van der Waals surface area (Å²) in [4.78, 5) is 16.0. The number of hydrogen-bond acceptors (Lipinski definition) is 7. The molecule has 1 fully saturated rings. The van der Waals surface area contributed by atoms with Gasteiger partial charge in [0.05, 0.1) is 12.2 Å². The van der Waals surface area contributed by atoms with Crippen LogP contribution in [0.2, 0.25) is 0 Å². The fraction of sp³-hybridized carbons (Fsp3) is 0.200. The average Bonchev–Trinajstić information content (AvgIpc) is 3.36. The topological polar surface area (TPSA) is 124 Å². The molecular weight excluding hydrogens is 370 g/mol. The van der Waals surface area contributed by atoms with Crippen molar-refractivity contribution in [2.24, 2.45) is 4.99 Å². The van der Waals surface area contributed by atoms with Crippen molar-refractivity contribution in [2.75, 3.05) is 5.32 Å². The van der Waals surface area contributed by atoms with Gasteiger partial charge in [-0.25, -0.2) is 4.98 Å². The van der Waals surface area contributed by atoms with E-state index in [2.05, 4.69) is 20.4 Å². The molecule has 5 rings (SSSR count). The summed E-state index contributed by atoms with van der Waals surface area (Å²) >= 11 is 0. The van der Waals surface area contributed by atoms with E-state index in [0.29, 0.717) is 34.8 Å². The van der Waals surface area contributed by atoms with Gasteiger partial charge in [0.1, 0.15) is 5.82 Å². The van der Waals surface area contributed by atoms with E-state index in [1.165, 1.54) is 6.07 Å². The molecule has 0 bridgehead atoms. The Morgan fingerprint density at radius 2 is 2.17 bits per heavy atom. The second-order valence-electron chi connectivity index (χ2n) is 7.01. The van der Waals surface area contributed by atoms with Crippen LogP contribution in [0.15, 0.2) is 47.8 Å². The minimum atomic E-state index is -0.115. The molecular formula is C20H19N7O2. The molecule has 0 amide bonds. The summed E-state index contributed by atoms with van der Waals surface area (Å²) in [5, 5.41) is 27.9. The Kier molecular flexibility index (Phi) is 4.12. The minimum absolute atomic E-state index is 0.110. The van der Waals surface area contributed by atoms with Gasteiger partial charge in [0.2, 0.25) is 0 Å². The molecule has 1 aliphatic carbocycles. The third-order valence-corrected chi connectivity index (χ3v) is 4.66. The molecule has 0 unspecified atom stereocenters. The zero-order valence-corrected chi connectivity index (χ0v) is 15.4. The van der Waals surface area contributed by atoms with Crippen molar-refractivity contribution in [1.29, 1.82) is 0 Å². The summed E-state index contributed by atoms with van der Waals surface area (Å²) in [6.07, 6.45) is 9.09. The lowest BCUT2D eigenvalue weighted by atomic mass is 10.2. The number of anilines is 1. The summed E-state index contributed by atoms with van der Waals surface area (Å²) < 4.78 is 1.70. The first-order valence-electron chi connectivity index (χ1n) is 9.34. The van der Waals surface area contributed by atoms with Gasteiger partial charge >= 0.3 is 0 Å². The molecule has 1 saturated carbocycles. The van der Waals surface area contributed by atoms with Crippen molar-refractivity contribution in [3.63, 3.8) is 0 Å². The Hall–Kier alpha value is -3.88. The van der Waals surface area contributed by atoms with Gasteiger partial charge in [0, 0.05) is 41.9 Å². The van der Waals surface area contributed by atoms with Crippen LogP contribution in [0.25, 0.3) is 11.7 Å². The molecule has 9 heteroatoms. The summed E-state index contributed by atoms with van der Waals surface area (Å²) in [7, 11) is 0. The van der Waals surface area contributed by atoms with Crippen molar-refractivity contribution in [2.45, 2.75) is 25.4 Å². The largest absolute Gasteiger partial charge is 0.494 e. The molecule has 4 aromatic rings. The van der Waals surface area contributed by atoms with Gasteiger partial charge in [-0.2, -0.15) is 9.61 Å². The zero-order chi connectivity index (χ0) is 19.8. The molecule has 0 spiro atoms. The first-order chi connectivity index (χ1) is 14.2. The second kappa shape index (κ2) is 6.93. The van der Waals surface area contributed by atoms with Gasteiger partial charge < -0.3 is 15.5 Å². The Morgan fingerprint density at radius 1 is 1.28 bits per heavy atom. The standard InChI is InChI=1S/C20H19N7O2/c28-18-7-13(20(29)26-18)6-14-11-23-27-17(24-15-3-4-15)8-16(25-19(14)27)22-10-12-2-1-5-21-9-12/h1-2,5-9,11,15,22,26,28-29H,3-4,10H2. The highest BCUT2D eigenvalue weighted by atomic mass is 16.3. The third kappa shape index (κ3) is 3.62. The van der Waals surface area contributed by atoms with Crippen LogP contribution >= 0.6 is 0 Å². The highest BCUT2D eigenvalue weighted by Gasteiger charge is 2.20. The van der Waals surface area contributed by atoms with E-state index < -0.39 is 0 Å². The lowest BCUT2D eigenvalue weighted by molar-refractivity contribution is 0.425. The van der Waals surface area contributed by atoms with E-state index in [1.807, 2.05) is 18.2 Å². The SMILES string of the molecule is Oc1cc(C=c2cnn3c(=NC4CC4)cc(NCc4cccnc4)nc23)c(O)[nH]1. The number of H-pyrrole nitrogens is 1. The van der Waals surface area contributed by atoms with Gasteiger partial charge in [-0.05, 0) is 30.5 Å². The van der Waals surface area contributed by atoms with Crippen molar-refractivity contribution >= 4 is 17.5 Å². The number of fused-ring (bicyclic) bond motifs is 1. The Balaban J connectivity index is 1.60. The summed E-state index contributed by atoms with van der Waals surface area (Å²) in [6.45, 7) is 0.583. The predicted molar refractivity (Wildman–Crippen MR) is 106 cm³/mol. The molecule has 4 heterocycles. The predicted octanol–water partition coefficient (Wildman–Crippen LogP) is 1.09. The number of pyridine rings is 1. The summed E-state index contributed by atoms with van der Waals surface area (Å²) in [5.41, 5.74) is 2.84. The van der Waals surface area contributed by atoms with Crippen LogP contribution in [0.1, 0.15) is 24.0 Å². The molecule has 4 N–H and O–H groups in total. The molecule has 4 aromatic heterocycles. The van der Waals surface area contributed by atoms with Crippen molar-refractivity contribution in [1.82, 2.24) is 24.6 Å². The second-order valence-corrected chi connectivity index (χ2v) is 7.01. The van der Waals surface area contributed by atoms with Crippen molar-refractivity contribution in [3.8, 4) is 11.8 Å². The van der Waals surface area contributed by atoms with Crippen LogP contribution in [0, 0.1) is 0 Å². The van der Waals surface area contributed by atoms with Crippen LogP contribution < -0.4 is 16.0 Å². The van der Waals surface area contributed by atoms with Crippen molar-refractivity contribution in [3.05, 3.63) is 64.7 Å². The molecule has 0 radical (unpaired) electrons. The van der Waals surface area contributed by atoms with Crippen LogP contribution in [0.4, 0.5) is 5.82 Å². The van der Waals surface area contributed by atoms with Crippen LogP contribution in [0.3, 0.4) is 0 Å². The zero-order valence-electron chi connectivity index (χ0n) is 15.4. The average molecular weight is 389 g/mol. The van der Waals surface area contributed by atoms with Gasteiger partial charge in [0.15, 0.2) is 22.9 Å². The molecule has 146 valence electrons. The summed E-state index contributed by atoms with van der Waals surface area (Å²) in [5.74, 6) is 0.453. The first-order valence-corrected chi connectivity index (χ1v) is 9.34. The smallest absolute Gasteiger partial charge is 0.198 e. The summed E-state index contributed by atoms with van der Waals surface area (Å²) in [6, 6.07) is 7.54. The van der Waals surface area contributed by atoms with E-state index in [1.54, 1.807) is 29.2 Å². The lowest BCUT2D eigenvalue weighted by Crippen LogP contribution is -2.20. The maximum absolute atomic E-state index is 9.92. The minimum Gasteiger partial charge on any atom is -0.494 e. The Labute approximate surface area is 165 Å². The number of aromatic nitrogens is 5. The molecule has 0 aromatic carbocycles. The number of aromatic hydroxyl groups is 2. The van der Waals surface area contributed by atoms with Crippen LogP contribution in [0.5, 0.6) is 11.8 Å². The number of nitrogens with one attached hydrogen (secondary N) is 2. The highest BCUT2D eigenvalue weighted by Crippen LogP contribution is 2.23. The third-order valence-electron chi connectivity index (χ3n) is 4.66. The maximum atomic E-state index is 9.92. The normalized spacial score (nSPS) is 15.3. The van der Waals surface area contributed by atoms with E-state index in [9.17, 15) is 10.2 Å². The Bertz CT molecular complexity index is 1290. The molecule has 0 atom stereocenters. The monoisotopic (exact) mass is 389 g/mol. The molecule has 29 heavy (non-hydrogen) atoms. The van der Waals surface area contributed by atoms with E-state index in [-0.39, 0.29) is 11.8 Å². The maximum Gasteiger partial charge on any atom is 0.198 e. The molecule has 0 saturated heterocycles. The van der Waals surface area contributed by atoms with Gasteiger partial charge in [0.25, 0.3) is 0 Å².